The standard InChI is InChI=1S/C15H11Cl2NO2/c16-11-3-1-9(6-12(11)17)15(20)8-2-4-13-10(5-8)7-14(19)18-13/h1-6,15,20H,7H2,(H,18,19). The minimum Gasteiger partial charge on any atom is -0.384 e. The van der Waals surface area contributed by atoms with E-state index in [1.54, 1.807) is 30.3 Å². The second-order valence-electron chi connectivity index (χ2n) is 4.72. The van der Waals surface area contributed by atoms with Gasteiger partial charge in [0, 0.05) is 5.69 Å². The molecule has 1 aliphatic heterocycles. The van der Waals surface area contributed by atoms with Crippen molar-refractivity contribution >= 4 is 34.8 Å². The third kappa shape index (κ3) is 2.40. The van der Waals surface area contributed by atoms with Gasteiger partial charge >= 0.3 is 0 Å². The Morgan fingerprint density at radius 1 is 1.05 bits per heavy atom. The molecule has 0 fully saturated rings. The zero-order valence-electron chi connectivity index (χ0n) is 10.4. The van der Waals surface area contributed by atoms with Crippen molar-refractivity contribution in [2.45, 2.75) is 12.5 Å². The highest BCUT2D eigenvalue weighted by molar-refractivity contribution is 6.42. The number of carbonyl (C=O) groups is 1. The van der Waals surface area contributed by atoms with E-state index in [-0.39, 0.29) is 5.91 Å². The Labute approximate surface area is 126 Å². The van der Waals surface area contributed by atoms with Crippen molar-refractivity contribution in [1.82, 2.24) is 0 Å². The second kappa shape index (κ2) is 5.09. The van der Waals surface area contributed by atoms with Crippen LogP contribution in [0.25, 0.3) is 0 Å². The molecule has 0 aliphatic carbocycles. The Balaban J connectivity index is 1.94. The summed E-state index contributed by atoms with van der Waals surface area (Å²) in [6.45, 7) is 0. The van der Waals surface area contributed by atoms with Crippen molar-refractivity contribution in [2.75, 3.05) is 5.32 Å². The maximum Gasteiger partial charge on any atom is 0.228 e. The fourth-order valence-corrected chi connectivity index (χ4v) is 2.60. The number of aliphatic hydroxyl groups is 1. The van der Waals surface area contributed by atoms with E-state index in [9.17, 15) is 9.90 Å². The Kier molecular flexibility index (Phi) is 3.42. The Bertz CT molecular complexity index is 700. The number of anilines is 1. The molecule has 1 amide bonds. The summed E-state index contributed by atoms with van der Waals surface area (Å²) in [6, 6.07) is 10.5. The summed E-state index contributed by atoms with van der Waals surface area (Å²) >= 11 is 11.8. The Hall–Kier alpha value is -1.55. The number of nitrogens with one attached hydrogen (secondary N) is 1. The van der Waals surface area contributed by atoms with Gasteiger partial charge in [-0.25, -0.2) is 0 Å². The molecule has 2 aromatic rings. The molecule has 1 atom stereocenters. The van der Waals surface area contributed by atoms with E-state index in [4.69, 9.17) is 23.2 Å². The van der Waals surface area contributed by atoms with Crippen molar-refractivity contribution in [1.29, 1.82) is 0 Å². The molecule has 3 nitrogen and oxygen atoms in total. The molecule has 0 saturated carbocycles. The van der Waals surface area contributed by atoms with Gasteiger partial charge in [0.05, 0.1) is 16.5 Å². The maximum atomic E-state index is 11.3. The zero-order valence-corrected chi connectivity index (χ0v) is 11.9. The van der Waals surface area contributed by atoms with Gasteiger partial charge in [-0.3, -0.25) is 4.79 Å². The topological polar surface area (TPSA) is 49.3 Å². The molecule has 0 aromatic heterocycles. The van der Waals surface area contributed by atoms with Gasteiger partial charge < -0.3 is 10.4 Å². The zero-order chi connectivity index (χ0) is 14.3. The van der Waals surface area contributed by atoms with Crippen LogP contribution >= 0.6 is 23.2 Å². The molecule has 1 unspecified atom stereocenters. The molecule has 0 radical (unpaired) electrons. The van der Waals surface area contributed by atoms with Crippen LogP contribution in [0.3, 0.4) is 0 Å². The van der Waals surface area contributed by atoms with E-state index in [1.807, 2.05) is 6.07 Å². The molecule has 1 aliphatic rings. The number of rotatable bonds is 2. The highest BCUT2D eigenvalue weighted by Crippen LogP contribution is 2.31. The van der Waals surface area contributed by atoms with Crippen LogP contribution in [-0.4, -0.2) is 11.0 Å². The van der Waals surface area contributed by atoms with Gasteiger partial charge in [0.2, 0.25) is 5.91 Å². The molecule has 0 bridgehead atoms. The number of carbonyl (C=O) groups excluding carboxylic acids is 1. The highest BCUT2D eigenvalue weighted by Gasteiger charge is 2.20. The average Bonchev–Trinajstić information content (AvgIpc) is 2.80. The highest BCUT2D eigenvalue weighted by atomic mass is 35.5. The molecule has 102 valence electrons. The summed E-state index contributed by atoms with van der Waals surface area (Å²) in [5.74, 6) is -0.0267. The summed E-state index contributed by atoms with van der Waals surface area (Å²) in [5, 5.41) is 14.0. The Morgan fingerprint density at radius 2 is 1.75 bits per heavy atom. The normalized spacial score (nSPS) is 14.8. The summed E-state index contributed by atoms with van der Waals surface area (Å²) in [5.41, 5.74) is 3.09. The van der Waals surface area contributed by atoms with Crippen LogP contribution in [0.15, 0.2) is 36.4 Å². The van der Waals surface area contributed by atoms with E-state index in [1.165, 1.54) is 0 Å². The monoisotopic (exact) mass is 307 g/mol. The van der Waals surface area contributed by atoms with Crippen molar-refractivity contribution in [3.63, 3.8) is 0 Å². The van der Waals surface area contributed by atoms with Gasteiger partial charge in [-0.1, -0.05) is 41.4 Å². The third-order valence-electron chi connectivity index (χ3n) is 3.33. The molecule has 0 saturated heterocycles. The predicted octanol–water partition coefficient (Wildman–Crippen LogP) is 3.57. The van der Waals surface area contributed by atoms with E-state index < -0.39 is 6.10 Å². The first-order valence-electron chi connectivity index (χ1n) is 6.10. The largest absolute Gasteiger partial charge is 0.384 e. The average molecular weight is 308 g/mol. The molecular formula is C15H11Cl2NO2. The molecule has 0 spiro atoms. The van der Waals surface area contributed by atoms with Crippen LogP contribution in [0.5, 0.6) is 0 Å². The van der Waals surface area contributed by atoms with Crippen LogP contribution in [0.1, 0.15) is 22.8 Å². The van der Waals surface area contributed by atoms with Crippen LogP contribution in [0.4, 0.5) is 5.69 Å². The maximum absolute atomic E-state index is 11.3. The van der Waals surface area contributed by atoms with Crippen molar-refractivity contribution in [2.24, 2.45) is 0 Å². The smallest absolute Gasteiger partial charge is 0.228 e. The van der Waals surface area contributed by atoms with Crippen LogP contribution in [0.2, 0.25) is 10.0 Å². The fourth-order valence-electron chi connectivity index (χ4n) is 2.29. The number of aliphatic hydroxyl groups excluding tert-OH is 1. The lowest BCUT2D eigenvalue weighted by Crippen LogP contribution is -2.03. The van der Waals surface area contributed by atoms with E-state index in [2.05, 4.69) is 5.32 Å². The summed E-state index contributed by atoms with van der Waals surface area (Å²) < 4.78 is 0. The van der Waals surface area contributed by atoms with Crippen LogP contribution in [0, 0.1) is 0 Å². The lowest BCUT2D eigenvalue weighted by molar-refractivity contribution is -0.115. The third-order valence-corrected chi connectivity index (χ3v) is 4.07. The first-order chi connectivity index (χ1) is 9.54. The molecule has 3 rings (SSSR count). The molecule has 20 heavy (non-hydrogen) atoms. The minimum atomic E-state index is -0.800. The molecule has 1 heterocycles. The van der Waals surface area contributed by atoms with Crippen molar-refractivity contribution in [3.8, 4) is 0 Å². The van der Waals surface area contributed by atoms with Crippen LogP contribution in [-0.2, 0) is 11.2 Å². The Morgan fingerprint density at radius 3 is 2.50 bits per heavy atom. The van der Waals surface area contributed by atoms with Gasteiger partial charge in [0.15, 0.2) is 0 Å². The van der Waals surface area contributed by atoms with Crippen LogP contribution < -0.4 is 5.32 Å². The van der Waals surface area contributed by atoms with Gasteiger partial charge in [-0.2, -0.15) is 0 Å². The molecule has 5 heteroatoms. The van der Waals surface area contributed by atoms with E-state index in [0.717, 1.165) is 16.8 Å². The summed E-state index contributed by atoms with van der Waals surface area (Å²) in [6.07, 6.45) is -0.456. The van der Waals surface area contributed by atoms with E-state index >= 15 is 0 Å². The SMILES string of the molecule is O=C1Cc2cc(C(O)c3ccc(Cl)c(Cl)c3)ccc2N1. The molecule has 2 N–H and O–H groups in total. The lowest BCUT2D eigenvalue weighted by atomic mass is 9.99. The number of amides is 1. The number of hydrogen-bond donors (Lipinski definition) is 2. The van der Waals surface area contributed by atoms with Gasteiger partial charge in [0.1, 0.15) is 6.10 Å². The van der Waals surface area contributed by atoms with Gasteiger partial charge in [-0.05, 0) is 34.9 Å². The minimum absolute atomic E-state index is 0.0267. The number of fused-ring (bicyclic) bond motifs is 1. The number of hydrogen-bond acceptors (Lipinski definition) is 2. The van der Waals surface area contributed by atoms with Gasteiger partial charge in [0.25, 0.3) is 0 Å². The molecule has 2 aromatic carbocycles. The molecular weight excluding hydrogens is 297 g/mol. The fraction of sp³-hybridized carbons (Fsp3) is 0.133. The first-order valence-corrected chi connectivity index (χ1v) is 6.86. The number of benzene rings is 2. The van der Waals surface area contributed by atoms with E-state index in [0.29, 0.717) is 22.0 Å². The second-order valence-corrected chi connectivity index (χ2v) is 5.53. The van der Waals surface area contributed by atoms with Gasteiger partial charge in [-0.15, -0.1) is 0 Å². The first kappa shape index (κ1) is 13.4. The van der Waals surface area contributed by atoms with Crippen molar-refractivity contribution < 1.29 is 9.90 Å². The summed E-state index contributed by atoms with van der Waals surface area (Å²) in [7, 11) is 0. The quantitative estimate of drug-likeness (QED) is 0.891. The number of halogens is 2. The lowest BCUT2D eigenvalue weighted by Gasteiger charge is -2.13. The van der Waals surface area contributed by atoms with Crippen molar-refractivity contribution in [3.05, 3.63) is 63.1 Å². The predicted molar refractivity (Wildman–Crippen MR) is 79.3 cm³/mol. The summed E-state index contributed by atoms with van der Waals surface area (Å²) in [4.78, 5) is 11.3.